The third-order valence-corrected chi connectivity index (χ3v) is 9.04. The Hall–Kier alpha value is -1.81. The number of likely N-dealkylation sites (tertiary alicyclic amines) is 1. The quantitative estimate of drug-likeness (QED) is 0.292. The minimum Gasteiger partial charge on any atom is -0.351 e. The summed E-state index contributed by atoms with van der Waals surface area (Å²) >= 11 is 5.12. The average molecular weight is 566 g/mol. The van der Waals surface area contributed by atoms with Gasteiger partial charge in [0.2, 0.25) is 0 Å². The summed E-state index contributed by atoms with van der Waals surface area (Å²) in [7, 11) is 0. The van der Waals surface area contributed by atoms with Gasteiger partial charge in [0.05, 0.1) is 21.8 Å². The number of piperidine rings is 1. The molecule has 0 bridgehead atoms. The molecule has 6 rings (SSSR count). The number of aromatic nitrogens is 2. The monoisotopic (exact) mass is 564 g/mol. The van der Waals surface area contributed by atoms with Gasteiger partial charge in [0.25, 0.3) is 5.91 Å². The predicted octanol–water partition coefficient (Wildman–Crippen LogP) is 6.44. The number of hydrogen-bond acceptors (Lipinski definition) is 6. The zero-order chi connectivity index (χ0) is 22.2. The molecule has 2 aliphatic heterocycles. The third kappa shape index (κ3) is 5.63. The molecule has 6 heterocycles. The third-order valence-electron chi connectivity index (χ3n) is 6.38. The van der Waals surface area contributed by atoms with Gasteiger partial charge in [-0.25, -0.2) is 4.98 Å². The van der Waals surface area contributed by atoms with Crippen molar-refractivity contribution in [2.45, 2.75) is 24.4 Å². The molecule has 0 radical (unpaired) electrons. The van der Waals surface area contributed by atoms with Crippen molar-refractivity contribution in [2.24, 2.45) is 5.92 Å². The molecule has 0 saturated carbocycles. The highest BCUT2D eigenvalue weighted by molar-refractivity contribution is 8.04. The van der Waals surface area contributed by atoms with Crippen molar-refractivity contribution in [3.63, 3.8) is 0 Å². The molecule has 0 aromatic carbocycles. The zero-order valence-electron chi connectivity index (χ0n) is 18.9. The Morgan fingerprint density at radius 2 is 1.97 bits per heavy atom. The number of rotatable bonds is 6. The van der Waals surface area contributed by atoms with Crippen LogP contribution in [0.5, 0.6) is 0 Å². The van der Waals surface area contributed by atoms with Crippen LogP contribution in [0.4, 0.5) is 0 Å². The van der Waals surface area contributed by atoms with Crippen LogP contribution in [0, 0.1) is 5.92 Å². The maximum atomic E-state index is 12.9. The Labute approximate surface area is 229 Å². The van der Waals surface area contributed by atoms with E-state index in [-0.39, 0.29) is 30.7 Å². The number of thioether (sulfide) groups is 1. The van der Waals surface area contributed by atoms with Gasteiger partial charge in [-0.2, -0.15) is 11.3 Å². The first-order valence-corrected chi connectivity index (χ1v) is 13.8. The van der Waals surface area contributed by atoms with Crippen LogP contribution >= 0.6 is 59.2 Å². The van der Waals surface area contributed by atoms with Crippen molar-refractivity contribution in [1.29, 1.82) is 0 Å². The molecule has 35 heavy (non-hydrogen) atoms. The van der Waals surface area contributed by atoms with Gasteiger partial charge in [0.15, 0.2) is 0 Å². The van der Waals surface area contributed by atoms with Gasteiger partial charge in [-0.05, 0) is 89.5 Å². The summed E-state index contributed by atoms with van der Waals surface area (Å²) in [6.07, 6.45) is 6.03. The lowest BCUT2D eigenvalue weighted by Crippen LogP contribution is -2.38. The number of nitrogens with zero attached hydrogens (tertiary/aromatic N) is 3. The van der Waals surface area contributed by atoms with E-state index in [4.69, 9.17) is 0 Å². The first-order valence-electron chi connectivity index (χ1n) is 11.2. The van der Waals surface area contributed by atoms with Crippen LogP contribution in [0.25, 0.3) is 22.9 Å². The van der Waals surface area contributed by atoms with Crippen LogP contribution < -0.4 is 5.32 Å². The van der Waals surface area contributed by atoms with Crippen LogP contribution in [0.1, 0.15) is 23.4 Å². The van der Waals surface area contributed by atoms with E-state index in [1.165, 1.54) is 27.8 Å². The van der Waals surface area contributed by atoms with Crippen LogP contribution in [-0.2, 0) is 11.3 Å². The number of halogens is 2. The molecule has 1 saturated heterocycles. The van der Waals surface area contributed by atoms with Gasteiger partial charge >= 0.3 is 0 Å². The van der Waals surface area contributed by atoms with Crippen molar-refractivity contribution < 1.29 is 4.79 Å². The van der Waals surface area contributed by atoms with Crippen LogP contribution in [0.2, 0.25) is 0 Å². The molecule has 1 fully saturated rings. The molecule has 0 spiro atoms. The standard InChI is InChI=1S/C25H24N4OS3.2ClH/c30-25(22-11-20-13-26-23-2-1-3-24(33-22)29(20)23)27-12-17-4-7-28(8-5-17)14-21-10-19(16-32-21)18-6-9-31-15-18;;/h1-3,6,9-11,13,15-17H,4-5,7-8,12,14H2,(H,27,30);2*1H. The van der Waals surface area contributed by atoms with Crippen LogP contribution in [0.15, 0.2) is 62.6 Å². The molecule has 5 nitrogen and oxygen atoms in total. The van der Waals surface area contributed by atoms with Crippen LogP contribution in [0.3, 0.4) is 0 Å². The number of carbonyl (C=O) groups excluding carboxylic acids is 1. The first-order chi connectivity index (χ1) is 16.2. The number of imidazole rings is 1. The largest absolute Gasteiger partial charge is 0.351 e. The van der Waals surface area contributed by atoms with E-state index in [1.807, 2.05) is 41.8 Å². The number of thiophene rings is 2. The molecule has 10 heteroatoms. The summed E-state index contributed by atoms with van der Waals surface area (Å²) in [6.45, 7) is 3.95. The number of nitrogens with one attached hydrogen (secondary N) is 1. The molecule has 4 aromatic rings. The number of pyridine rings is 1. The molecule has 1 N–H and O–H groups in total. The van der Waals surface area contributed by atoms with Crippen molar-refractivity contribution in [3.05, 3.63) is 68.1 Å². The highest BCUT2D eigenvalue weighted by Crippen LogP contribution is 2.34. The molecular formula is C25H26Cl2N4OS3. The first kappa shape index (κ1) is 26.3. The molecule has 0 unspecified atom stereocenters. The Morgan fingerprint density at radius 3 is 2.77 bits per heavy atom. The fourth-order valence-corrected chi connectivity index (χ4v) is 7.14. The van der Waals surface area contributed by atoms with Crippen molar-refractivity contribution in [3.8, 4) is 11.1 Å². The van der Waals surface area contributed by atoms with Gasteiger partial charge in [0.1, 0.15) is 5.65 Å². The number of amides is 1. The molecule has 4 aromatic heterocycles. The summed E-state index contributed by atoms with van der Waals surface area (Å²) in [4.78, 5) is 22.0. The smallest absolute Gasteiger partial charge is 0.258 e. The predicted molar refractivity (Wildman–Crippen MR) is 152 cm³/mol. The van der Waals surface area contributed by atoms with Crippen molar-refractivity contribution >= 4 is 76.9 Å². The summed E-state index contributed by atoms with van der Waals surface area (Å²) < 4.78 is 2.09. The molecule has 2 aliphatic rings. The molecule has 1 amide bonds. The van der Waals surface area contributed by atoms with E-state index in [2.05, 4.69) is 47.9 Å². The highest BCUT2D eigenvalue weighted by Gasteiger charge is 2.23. The Bertz CT molecular complexity index is 1320. The van der Waals surface area contributed by atoms with E-state index in [0.29, 0.717) is 5.92 Å². The Morgan fingerprint density at radius 1 is 1.11 bits per heavy atom. The van der Waals surface area contributed by atoms with Crippen LogP contribution in [-0.4, -0.2) is 39.8 Å². The minimum atomic E-state index is 0. The van der Waals surface area contributed by atoms with Gasteiger partial charge in [-0.3, -0.25) is 14.1 Å². The fourth-order valence-electron chi connectivity index (χ4n) is 4.54. The van der Waals surface area contributed by atoms with E-state index in [9.17, 15) is 4.79 Å². The summed E-state index contributed by atoms with van der Waals surface area (Å²) in [5.41, 5.74) is 4.54. The molecule has 0 atom stereocenters. The van der Waals surface area contributed by atoms with Gasteiger partial charge in [-0.1, -0.05) is 17.8 Å². The normalized spacial score (nSPS) is 15.8. The lowest BCUT2D eigenvalue weighted by atomic mass is 9.96. The maximum Gasteiger partial charge on any atom is 0.258 e. The van der Waals surface area contributed by atoms with Gasteiger partial charge < -0.3 is 5.32 Å². The SMILES string of the molecule is Cl.Cl.O=C(NCC1CCN(Cc2cc(-c3ccsc3)cs2)CC1)C1=Cc2cnc3cccc(n23)S1. The lowest BCUT2D eigenvalue weighted by molar-refractivity contribution is -0.117. The molecular weight excluding hydrogens is 539 g/mol. The molecule has 0 aliphatic carbocycles. The summed E-state index contributed by atoms with van der Waals surface area (Å²) in [5, 5.41) is 10.8. The van der Waals surface area contributed by atoms with Gasteiger partial charge in [0, 0.05) is 18.0 Å². The second-order valence-electron chi connectivity index (χ2n) is 8.59. The number of carbonyl (C=O) groups is 1. The Kier molecular flexibility index (Phi) is 8.63. The average Bonchev–Trinajstić information content (AvgIpc) is 3.60. The summed E-state index contributed by atoms with van der Waals surface area (Å²) in [5.74, 6) is 0.560. The zero-order valence-corrected chi connectivity index (χ0v) is 23.0. The Balaban J connectivity index is 0.00000144. The number of hydrogen-bond donors (Lipinski definition) is 1. The van der Waals surface area contributed by atoms with E-state index >= 15 is 0 Å². The second kappa shape index (κ2) is 11.5. The van der Waals surface area contributed by atoms with E-state index in [0.717, 1.165) is 60.3 Å². The second-order valence-corrected chi connectivity index (χ2v) is 11.4. The van der Waals surface area contributed by atoms with Crippen molar-refractivity contribution in [1.82, 2.24) is 19.6 Å². The van der Waals surface area contributed by atoms with Gasteiger partial charge in [-0.15, -0.1) is 36.2 Å². The lowest BCUT2D eigenvalue weighted by Gasteiger charge is -2.31. The topological polar surface area (TPSA) is 49.6 Å². The minimum absolute atomic E-state index is 0. The van der Waals surface area contributed by atoms with E-state index in [1.54, 1.807) is 11.3 Å². The maximum absolute atomic E-state index is 12.9. The molecule has 184 valence electrons. The highest BCUT2D eigenvalue weighted by atomic mass is 35.5. The summed E-state index contributed by atoms with van der Waals surface area (Å²) in [6, 6.07) is 10.5. The van der Waals surface area contributed by atoms with Crippen molar-refractivity contribution in [2.75, 3.05) is 19.6 Å². The van der Waals surface area contributed by atoms with E-state index < -0.39 is 0 Å². The fraction of sp³-hybridized carbons (Fsp3) is 0.280.